The van der Waals surface area contributed by atoms with Crippen LogP contribution >= 0.6 is 0 Å². The van der Waals surface area contributed by atoms with Gasteiger partial charge in [-0.15, -0.1) is 0 Å². The molecule has 0 saturated heterocycles. The fraction of sp³-hybridized carbons (Fsp3) is 0.500. The Kier molecular flexibility index (Phi) is 7.54. The lowest BCUT2D eigenvalue weighted by Gasteiger charge is -2.33. The van der Waals surface area contributed by atoms with Crippen molar-refractivity contribution in [3.8, 4) is 11.5 Å². The number of ether oxygens (including phenoxy) is 2. The molecule has 1 saturated carbocycles. The molecule has 0 amide bonds. The lowest BCUT2D eigenvalue weighted by molar-refractivity contribution is -0.223. The third kappa shape index (κ3) is 6.39. The zero-order valence-corrected chi connectivity index (χ0v) is 14.8. The highest BCUT2D eigenvalue weighted by Crippen LogP contribution is 2.41. The summed E-state index contributed by atoms with van der Waals surface area (Å²) in [4.78, 5) is 0. The monoisotopic (exact) mass is 372 g/mol. The minimum Gasteiger partial charge on any atom is -0.459 e. The summed E-state index contributed by atoms with van der Waals surface area (Å²) in [6.45, 7) is 1.98. The van der Waals surface area contributed by atoms with Gasteiger partial charge in [0.25, 0.3) is 0 Å². The van der Waals surface area contributed by atoms with E-state index in [-0.39, 0.29) is 11.5 Å². The minimum absolute atomic E-state index is 0.0118. The van der Waals surface area contributed by atoms with Crippen LogP contribution in [0.2, 0.25) is 0 Å². The van der Waals surface area contributed by atoms with Crippen LogP contribution in [0.15, 0.2) is 48.8 Å². The fourth-order valence-corrected chi connectivity index (χ4v) is 3.23. The maximum atomic E-state index is 14.4. The van der Waals surface area contributed by atoms with Crippen LogP contribution in [0.3, 0.4) is 0 Å². The molecule has 1 aliphatic rings. The van der Waals surface area contributed by atoms with Crippen LogP contribution in [0.5, 0.6) is 11.5 Å². The maximum Gasteiger partial charge on any atom is 0.400 e. The predicted octanol–water partition coefficient (Wildman–Crippen LogP) is 6.94. The van der Waals surface area contributed by atoms with Crippen LogP contribution in [-0.2, 0) is 0 Å². The first-order chi connectivity index (χ1) is 12.4. The van der Waals surface area contributed by atoms with Gasteiger partial charge in [0.05, 0.1) is 5.92 Å². The summed E-state index contributed by atoms with van der Waals surface area (Å²) >= 11 is 0. The van der Waals surface area contributed by atoms with Gasteiger partial charge in [0.2, 0.25) is 0 Å². The third-order valence-electron chi connectivity index (χ3n) is 4.66. The van der Waals surface area contributed by atoms with Crippen LogP contribution in [0, 0.1) is 11.8 Å². The Morgan fingerprint density at radius 2 is 1.69 bits per heavy atom. The highest BCUT2D eigenvalue weighted by atomic mass is 19.3. The number of allylic oxidation sites excluding steroid dienone is 2. The Labute approximate surface area is 151 Å². The summed E-state index contributed by atoms with van der Waals surface area (Å²) < 4.78 is 62.3. The quantitative estimate of drug-likeness (QED) is 0.280. The van der Waals surface area contributed by atoms with Crippen molar-refractivity contribution in [2.75, 3.05) is 0 Å². The second-order valence-electron chi connectivity index (χ2n) is 6.52. The van der Waals surface area contributed by atoms with Crippen molar-refractivity contribution in [2.45, 2.75) is 51.6 Å². The number of rotatable bonds is 8. The molecule has 0 N–H and O–H groups in total. The lowest BCUT2D eigenvalue weighted by Crippen LogP contribution is -2.37. The first-order valence-corrected chi connectivity index (χ1v) is 8.86. The molecule has 1 aromatic rings. The smallest absolute Gasteiger partial charge is 0.400 e. The molecule has 0 heterocycles. The normalized spacial score (nSPS) is 20.8. The highest BCUT2D eigenvalue weighted by Gasteiger charge is 2.43. The van der Waals surface area contributed by atoms with Gasteiger partial charge in [-0.2, -0.15) is 17.6 Å². The number of hydrogen-bond donors (Lipinski definition) is 0. The van der Waals surface area contributed by atoms with Crippen molar-refractivity contribution in [1.82, 2.24) is 0 Å². The summed E-state index contributed by atoms with van der Waals surface area (Å²) in [5, 5.41) is 0. The van der Waals surface area contributed by atoms with Crippen LogP contribution in [0.25, 0.3) is 0 Å². The summed E-state index contributed by atoms with van der Waals surface area (Å²) in [6.07, 6.45) is 3.67. The first-order valence-electron chi connectivity index (χ1n) is 8.86. The van der Waals surface area contributed by atoms with Gasteiger partial charge in [-0.3, -0.25) is 0 Å². The van der Waals surface area contributed by atoms with Crippen molar-refractivity contribution in [2.24, 2.45) is 11.8 Å². The zero-order valence-electron chi connectivity index (χ0n) is 14.8. The fourth-order valence-electron chi connectivity index (χ4n) is 3.23. The van der Waals surface area contributed by atoms with E-state index >= 15 is 0 Å². The second kappa shape index (κ2) is 9.64. The largest absolute Gasteiger partial charge is 0.459 e. The Morgan fingerprint density at radius 3 is 2.27 bits per heavy atom. The van der Waals surface area contributed by atoms with Gasteiger partial charge < -0.3 is 9.47 Å². The summed E-state index contributed by atoms with van der Waals surface area (Å²) in [7, 11) is 0. The van der Waals surface area contributed by atoms with E-state index in [1.54, 1.807) is 0 Å². The van der Waals surface area contributed by atoms with Gasteiger partial charge in [0.1, 0.15) is 11.5 Å². The van der Waals surface area contributed by atoms with Gasteiger partial charge in [0.15, 0.2) is 6.26 Å². The Bertz CT molecular complexity index is 599. The van der Waals surface area contributed by atoms with Gasteiger partial charge >= 0.3 is 12.2 Å². The molecule has 0 radical (unpaired) electrons. The molecule has 0 spiro atoms. The summed E-state index contributed by atoms with van der Waals surface area (Å²) in [5.74, 6) is -0.198. The first kappa shape index (κ1) is 20.3. The standard InChI is InChI=1S/C20H24F4O2/c1-2-3-4-5-15-6-8-16(9-7-15)20(23,24)26-18-12-10-17(11-13-18)25-14-19(21)22/h2-3,10-16H,4-9H2,1H3/b3-2+. The van der Waals surface area contributed by atoms with E-state index in [1.807, 2.05) is 13.0 Å². The van der Waals surface area contributed by atoms with Crippen molar-refractivity contribution in [1.29, 1.82) is 0 Å². The van der Waals surface area contributed by atoms with Crippen LogP contribution in [-0.4, -0.2) is 6.11 Å². The third-order valence-corrected chi connectivity index (χ3v) is 4.66. The van der Waals surface area contributed by atoms with E-state index in [2.05, 4.69) is 10.8 Å². The molecule has 2 nitrogen and oxygen atoms in total. The number of benzene rings is 1. The van der Waals surface area contributed by atoms with Crippen molar-refractivity contribution in [3.05, 3.63) is 48.8 Å². The molecular formula is C20H24F4O2. The number of halogens is 4. The van der Waals surface area contributed by atoms with Crippen molar-refractivity contribution >= 4 is 0 Å². The van der Waals surface area contributed by atoms with Gasteiger partial charge in [-0.05, 0) is 75.6 Å². The molecule has 144 valence electrons. The molecule has 0 atom stereocenters. The molecule has 1 aromatic carbocycles. The Morgan fingerprint density at radius 1 is 1.08 bits per heavy atom. The van der Waals surface area contributed by atoms with Crippen molar-refractivity contribution < 1.29 is 27.0 Å². The average molecular weight is 372 g/mol. The molecule has 0 aromatic heterocycles. The molecule has 6 heteroatoms. The Hall–Kier alpha value is -1.98. The van der Waals surface area contributed by atoms with Gasteiger partial charge in [-0.1, -0.05) is 12.2 Å². The van der Waals surface area contributed by atoms with E-state index in [0.717, 1.165) is 25.7 Å². The van der Waals surface area contributed by atoms with E-state index in [4.69, 9.17) is 4.74 Å². The average Bonchev–Trinajstić information content (AvgIpc) is 2.61. The number of hydrogen-bond acceptors (Lipinski definition) is 2. The molecular weight excluding hydrogens is 348 g/mol. The van der Waals surface area contributed by atoms with E-state index in [1.165, 1.54) is 24.3 Å². The molecule has 1 aliphatic carbocycles. The maximum absolute atomic E-state index is 14.4. The Balaban J connectivity index is 1.85. The molecule has 0 unspecified atom stereocenters. The van der Waals surface area contributed by atoms with Crippen LogP contribution < -0.4 is 9.47 Å². The van der Waals surface area contributed by atoms with Gasteiger partial charge in [0, 0.05) is 0 Å². The molecule has 0 bridgehead atoms. The van der Waals surface area contributed by atoms with E-state index in [9.17, 15) is 17.6 Å². The van der Waals surface area contributed by atoms with Crippen LogP contribution in [0.4, 0.5) is 17.6 Å². The van der Waals surface area contributed by atoms with E-state index in [0.29, 0.717) is 25.0 Å². The molecule has 1 fully saturated rings. The van der Waals surface area contributed by atoms with Crippen LogP contribution in [0.1, 0.15) is 45.4 Å². The molecule has 2 rings (SSSR count). The zero-order chi connectivity index (χ0) is 19.0. The SMILES string of the molecule is C/C=C/CCC1CCC(C(F)(F)Oc2ccc(OC=C(F)F)cc2)CC1. The topological polar surface area (TPSA) is 18.5 Å². The van der Waals surface area contributed by atoms with Crippen molar-refractivity contribution in [3.63, 3.8) is 0 Å². The van der Waals surface area contributed by atoms with Gasteiger partial charge in [-0.25, -0.2) is 0 Å². The number of alkyl halides is 2. The summed E-state index contributed by atoms with van der Waals surface area (Å²) in [6, 6.07) is 5.19. The molecule has 26 heavy (non-hydrogen) atoms. The second-order valence-corrected chi connectivity index (χ2v) is 6.52. The van der Waals surface area contributed by atoms with E-state index < -0.39 is 18.1 Å². The molecule has 0 aliphatic heterocycles. The lowest BCUT2D eigenvalue weighted by atomic mass is 9.79. The summed E-state index contributed by atoms with van der Waals surface area (Å²) in [5.41, 5.74) is 0. The highest BCUT2D eigenvalue weighted by molar-refractivity contribution is 5.32. The minimum atomic E-state index is -3.25. The predicted molar refractivity (Wildman–Crippen MR) is 92.4 cm³/mol.